The Balaban J connectivity index is 0.00000529. The Morgan fingerprint density at radius 3 is 2.58 bits per heavy atom. The van der Waals surface area contributed by atoms with E-state index in [4.69, 9.17) is 5.73 Å². The van der Waals surface area contributed by atoms with E-state index < -0.39 is 33.2 Å². The molecule has 24 heavy (non-hydrogen) atoms. The average molecular weight is 423 g/mol. The molecule has 2 unspecified atom stereocenters. The lowest BCUT2D eigenvalue weighted by Gasteiger charge is -2.22. The number of hydrogen-bond acceptors (Lipinski definition) is 8. The average Bonchev–Trinajstić information content (AvgIpc) is 2.78. The van der Waals surface area contributed by atoms with Crippen molar-refractivity contribution in [3.63, 3.8) is 0 Å². The van der Waals surface area contributed by atoms with Crippen molar-refractivity contribution in [1.82, 2.24) is 8.61 Å². The van der Waals surface area contributed by atoms with E-state index in [0.29, 0.717) is 31.6 Å². The predicted molar refractivity (Wildman–Crippen MR) is 98.2 cm³/mol. The summed E-state index contributed by atoms with van der Waals surface area (Å²) in [6, 6.07) is -0.882. The maximum Gasteiger partial charge on any atom is 0.341 e. The number of carbonyl (C=O) groups excluding carboxylic acids is 1. The lowest BCUT2D eigenvalue weighted by atomic mass is 10.1. The topological polar surface area (TPSA) is 122 Å². The number of thioether (sulfide) groups is 1. The van der Waals surface area contributed by atoms with Crippen LogP contribution < -0.4 is 5.73 Å². The number of amides is 1. The molecule has 2 atom stereocenters. The van der Waals surface area contributed by atoms with Crippen LogP contribution in [0.3, 0.4) is 0 Å². The fourth-order valence-corrected chi connectivity index (χ4v) is 4.57. The monoisotopic (exact) mass is 422 g/mol. The van der Waals surface area contributed by atoms with Gasteiger partial charge in [0.25, 0.3) is 5.91 Å². The number of halogens is 1. The van der Waals surface area contributed by atoms with Crippen LogP contribution in [0.15, 0.2) is 5.16 Å². The highest BCUT2D eigenvalue weighted by Gasteiger charge is 2.28. The molecule has 1 aliphatic rings. The number of carbonyl (C=O) groups is 1. The molecular weight excluding hydrogens is 400 g/mol. The predicted octanol–water partition coefficient (Wildman–Crippen LogP) is 0.259. The van der Waals surface area contributed by atoms with Gasteiger partial charge < -0.3 is 5.73 Å². The van der Waals surface area contributed by atoms with Gasteiger partial charge in [-0.2, -0.15) is 4.21 Å². The van der Waals surface area contributed by atoms with Gasteiger partial charge in [-0.25, -0.2) is 17.0 Å². The van der Waals surface area contributed by atoms with Crippen LogP contribution in [0, 0.1) is 0 Å². The highest BCUT2D eigenvalue weighted by Crippen LogP contribution is 2.13. The van der Waals surface area contributed by atoms with Crippen molar-refractivity contribution < 1.29 is 21.7 Å². The van der Waals surface area contributed by atoms with Crippen LogP contribution in [-0.4, -0.2) is 64.0 Å². The number of hydrogen-bond donors (Lipinski definition) is 1. The van der Waals surface area contributed by atoms with Crippen LogP contribution in [0.4, 0.5) is 0 Å². The fraction of sp³-hybridized carbons (Fsp3) is 0.818. The molecule has 1 aliphatic heterocycles. The van der Waals surface area contributed by atoms with Crippen LogP contribution in [0.25, 0.3) is 0 Å². The molecule has 1 rings (SSSR count). The number of unbranched alkanes of at least 4 members (excludes halogenated alkanes) is 1. The van der Waals surface area contributed by atoms with Gasteiger partial charge in [-0.1, -0.05) is 5.16 Å². The van der Waals surface area contributed by atoms with Gasteiger partial charge in [0.15, 0.2) is 5.84 Å². The van der Waals surface area contributed by atoms with Gasteiger partial charge in [-0.15, -0.1) is 24.2 Å². The van der Waals surface area contributed by atoms with Crippen molar-refractivity contribution in [1.29, 1.82) is 0 Å². The smallest absolute Gasteiger partial charge is 0.320 e. The van der Waals surface area contributed by atoms with Crippen LogP contribution in [0.2, 0.25) is 0 Å². The number of nitrogens with two attached hydrogens (primary N) is 1. The van der Waals surface area contributed by atoms with Crippen LogP contribution in [0.5, 0.6) is 0 Å². The summed E-state index contributed by atoms with van der Waals surface area (Å²) in [5.41, 5.74) is 5.81. The highest BCUT2D eigenvalue weighted by atomic mass is 35.5. The lowest BCUT2D eigenvalue weighted by molar-refractivity contribution is -0.127. The van der Waals surface area contributed by atoms with Crippen molar-refractivity contribution in [2.45, 2.75) is 32.2 Å². The van der Waals surface area contributed by atoms with E-state index >= 15 is 0 Å². The Morgan fingerprint density at radius 2 is 2.12 bits per heavy atom. The summed E-state index contributed by atoms with van der Waals surface area (Å²) in [6.07, 6.45) is 4.25. The third kappa shape index (κ3) is 6.75. The minimum atomic E-state index is -3.63. The minimum Gasteiger partial charge on any atom is -0.320 e. The molecule has 142 valence electrons. The zero-order chi connectivity index (χ0) is 17.6. The SMILES string of the molecule is CSCN(C(=O)C(N)CCCCN1C(C)=NOS1=O)S(C)(=O)=O.Cl. The zero-order valence-corrected chi connectivity index (χ0v) is 17.0. The molecule has 2 N–H and O–H groups in total. The van der Waals surface area contributed by atoms with E-state index in [0.717, 1.165) is 10.6 Å². The van der Waals surface area contributed by atoms with Gasteiger partial charge in [0.2, 0.25) is 10.0 Å². The second kappa shape index (κ2) is 10.4. The molecule has 13 heteroatoms. The summed E-state index contributed by atoms with van der Waals surface area (Å²) >= 11 is -0.364. The molecule has 0 saturated carbocycles. The van der Waals surface area contributed by atoms with E-state index in [9.17, 15) is 17.4 Å². The van der Waals surface area contributed by atoms with E-state index in [1.54, 1.807) is 13.2 Å². The third-order valence-electron chi connectivity index (χ3n) is 3.11. The van der Waals surface area contributed by atoms with Gasteiger partial charge in [0, 0.05) is 6.54 Å². The molecule has 0 bridgehead atoms. The van der Waals surface area contributed by atoms with Crippen LogP contribution >= 0.6 is 24.2 Å². The van der Waals surface area contributed by atoms with Crippen molar-refractivity contribution >= 4 is 57.2 Å². The first-order valence-corrected chi connectivity index (χ1v) is 11.1. The van der Waals surface area contributed by atoms with Gasteiger partial charge in [-0.3, -0.25) is 9.08 Å². The first-order chi connectivity index (χ1) is 10.7. The number of nitrogens with zero attached hydrogens (tertiary/aromatic N) is 3. The fourth-order valence-electron chi connectivity index (χ4n) is 1.88. The van der Waals surface area contributed by atoms with Crippen LogP contribution in [-0.2, 0) is 30.4 Å². The lowest BCUT2D eigenvalue weighted by Crippen LogP contribution is -2.46. The maximum absolute atomic E-state index is 12.1. The Morgan fingerprint density at radius 1 is 1.50 bits per heavy atom. The maximum atomic E-state index is 12.1. The molecule has 0 radical (unpaired) electrons. The van der Waals surface area contributed by atoms with Crippen molar-refractivity contribution in [2.24, 2.45) is 10.9 Å². The summed E-state index contributed by atoms with van der Waals surface area (Å²) in [5.74, 6) is -0.0231. The number of oxime groups is 1. The molecule has 1 amide bonds. The zero-order valence-electron chi connectivity index (χ0n) is 13.7. The molecule has 0 aromatic heterocycles. The molecule has 9 nitrogen and oxygen atoms in total. The van der Waals surface area contributed by atoms with Gasteiger partial charge in [-0.05, 0) is 32.4 Å². The molecule has 0 saturated heterocycles. The second-order valence-corrected chi connectivity index (χ2v) is 8.77. The Bertz CT molecular complexity index is 586. The number of sulfonamides is 1. The van der Waals surface area contributed by atoms with Crippen LogP contribution in [0.1, 0.15) is 26.2 Å². The molecular formula is C11H23ClN4O5S3. The van der Waals surface area contributed by atoms with Crippen molar-refractivity contribution in [2.75, 3.05) is 24.9 Å². The molecule has 0 aromatic rings. The van der Waals surface area contributed by atoms with Gasteiger partial charge in [0.1, 0.15) is 0 Å². The van der Waals surface area contributed by atoms with E-state index in [1.807, 2.05) is 0 Å². The molecule has 0 fully saturated rings. The highest BCUT2D eigenvalue weighted by molar-refractivity contribution is 7.99. The molecule has 0 aromatic carbocycles. The third-order valence-corrected chi connectivity index (χ3v) is 5.91. The normalized spacial score (nSPS) is 18.4. The van der Waals surface area contributed by atoms with Gasteiger partial charge >= 0.3 is 11.3 Å². The molecule has 0 spiro atoms. The van der Waals surface area contributed by atoms with E-state index in [2.05, 4.69) is 9.44 Å². The molecule has 0 aliphatic carbocycles. The van der Waals surface area contributed by atoms with E-state index in [-0.39, 0.29) is 18.3 Å². The standard InChI is InChI=1S/C11H22N4O5S3.ClH/c1-9-13-20-22(17)14(9)7-5-4-6-10(12)11(16)15(8-21-2)23(3,18)19;/h10H,4-8,12H2,1-3H3;1H. The van der Waals surface area contributed by atoms with Crippen molar-refractivity contribution in [3.05, 3.63) is 0 Å². The van der Waals surface area contributed by atoms with E-state index in [1.165, 1.54) is 16.1 Å². The Hall–Kier alpha value is -0.560. The summed E-state index contributed by atoms with van der Waals surface area (Å²) in [4.78, 5) is 12.1. The quantitative estimate of drug-likeness (QED) is 0.417. The summed E-state index contributed by atoms with van der Waals surface area (Å²) in [6.45, 7) is 2.15. The first-order valence-electron chi connectivity index (χ1n) is 6.86. The summed E-state index contributed by atoms with van der Waals surface area (Å²) < 4.78 is 41.6. The second-order valence-electron chi connectivity index (χ2n) is 5.00. The van der Waals surface area contributed by atoms with Crippen molar-refractivity contribution in [3.8, 4) is 0 Å². The summed E-state index contributed by atoms with van der Waals surface area (Å²) in [7, 11) is -3.63. The minimum absolute atomic E-state index is 0. The number of amidine groups is 1. The molecule has 1 heterocycles. The number of rotatable bonds is 9. The van der Waals surface area contributed by atoms with Gasteiger partial charge in [0.05, 0.1) is 18.2 Å². The Labute approximate surface area is 155 Å². The Kier molecular flexibility index (Phi) is 10.2. The summed E-state index contributed by atoms with van der Waals surface area (Å²) in [5, 5.41) is 3.60. The first kappa shape index (κ1) is 23.4. The largest absolute Gasteiger partial charge is 0.341 e.